The molecule has 7 heteroatoms. The van der Waals surface area contributed by atoms with E-state index in [1.54, 1.807) is 11.3 Å². The van der Waals surface area contributed by atoms with Gasteiger partial charge in [-0.3, -0.25) is 4.79 Å². The molecule has 142 valence electrons. The molecule has 2 N–H and O–H groups in total. The van der Waals surface area contributed by atoms with Crippen LogP contribution in [-0.4, -0.2) is 34.7 Å². The highest BCUT2D eigenvalue weighted by atomic mass is 32.1. The molecule has 3 rings (SSSR count). The molecule has 0 radical (unpaired) electrons. The van der Waals surface area contributed by atoms with Crippen LogP contribution in [0, 0.1) is 0 Å². The number of carbonyl (C=O) groups excluding carboxylic acids is 2. The van der Waals surface area contributed by atoms with E-state index in [0.29, 0.717) is 6.42 Å². The standard InChI is InChI=1S/C20H24N4O2S/c1-20(2,3)22-19(26)21-13-18(25)24-16(14-8-5-4-6-9-14)12-15(23-24)17-10-7-11-27-17/h4-11,16H,12-13H2,1-3H3,(H2,21,22,26)/t16-/m1/s1. The molecular formula is C20H24N4O2S. The third-order valence-electron chi connectivity index (χ3n) is 4.04. The monoisotopic (exact) mass is 384 g/mol. The molecule has 0 spiro atoms. The first-order valence-electron chi connectivity index (χ1n) is 8.88. The summed E-state index contributed by atoms with van der Waals surface area (Å²) >= 11 is 1.61. The molecule has 0 unspecified atom stereocenters. The second-order valence-corrected chi connectivity index (χ2v) is 8.40. The molecule has 1 atom stereocenters. The Morgan fingerprint density at radius 2 is 1.93 bits per heavy atom. The minimum atomic E-state index is -0.367. The number of carbonyl (C=O) groups is 2. The van der Waals surface area contributed by atoms with Crippen molar-refractivity contribution in [2.45, 2.75) is 38.8 Å². The van der Waals surface area contributed by atoms with Gasteiger partial charge in [-0.05, 0) is 37.8 Å². The van der Waals surface area contributed by atoms with Gasteiger partial charge in [-0.2, -0.15) is 5.10 Å². The molecule has 0 saturated heterocycles. The summed E-state index contributed by atoms with van der Waals surface area (Å²) in [6.45, 7) is 5.56. The molecule has 0 fully saturated rings. The summed E-state index contributed by atoms with van der Waals surface area (Å²) in [5, 5.41) is 13.5. The third-order valence-corrected chi connectivity index (χ3v) is 4.96. The molecule has 3 amide bonds. The lowest BCUT2D eigenvalue weighted by Crippen LogP contribution is -2.48. The van der Waals surface area contributed by atoms with E-state index >= 15 is 0 Å². The molecule has 1 aromatic heterocycles. The van der Waals surface area contributed by atoms with E-state index in [2.05, 4.69) is 15.7 Å². The van der Waals surface area contributed by atoms with Gasteiger partial charge in [-0.1, -0.05) is 36.4 Å². The molecule has 1 aliphatic rings. The summed E-state index contributed by atoms with van der Waals surface area (Å²) in [6, 6.07) is 13.3. The number of benzene rings is 1. The van der Waals surface area contributed by atoms with E-state index in [-0.39, 0.29) is 30.1 Å². The van der Waals surface area contributed by atoms with Gasteiger partial charge in [-0.15, -0.1) is 11.3 Å². The fourth-order valence-corrected chi connectivity index (χ4v) is 3.61. The van der Waals surface area contributed by atoms with E-state index in [0.717, 1.165) is 16.2 Å². The highest BCUT2D eigenvalue weighted by Gasteiger charge is 2.33. The van der Waals surface area contributed by atoms with Gasteiger partial charge < -0.3 is 10.6 Å². The number of urea groups is 1. The summed E-state index contributed by atoms with van der Waals surface area (Å²) in [6.07, 6.45) is 0.657. The highest BCUT2D eigenvalue weighted by molar-refractivity contribution is 7.12. The van der Waals surface area contributed by atoms with Crippen LogP contribution in [0.15, 0.2) is 52.9 Å². The smallest absolute Gasteiger partial charge is 0.315 e. The Morgan fingerprint density at radius 1 is 1.19 bits per heavy atom. The number of nitrogens with one attached hydrogen (secondary N) is 2. The molecule has 1 aromatic carbocycles. The Labute approximate surface area is 163 Å². The Morgan fingerprint density at radius 3 is 2.56 bits per heavy atom. The van der Waals surface area contributed by atoms with Crippen LogP contribution >= 0.6 is 11.3 Å². The first-order chi connectivity index (χ1) is 12.8. The summed E-state index contributed by atoms with van der Waals surface area (Å²) in [5.74, 6) is -0.237. The summed E-state index contributed by atoms with van der Waals surface area (Å²) in [5.41, 5.74) is 1.56. The largest absolute Gasteiger partial charge is 0.334 e. The van der Waals surface area contributed by atoms with Crippen molar-refractivity contribution in [3.8, 4) is 0 Å². The van der Waals surface area contributed by atoms with E-state index < -0.39 is 0 Å². The lowest BCUT2D eigenvalue weighted by Gasteiger charge is -2.23. The first-order valence-corrected chi connectivity index (χ1v) is 9.76. The molecule has 6 nitrogen and oxygen atoms in total. The van der Waals surface area contributed by atoms with Crippen LogP contribution in [0.25, 0.3) is 0 Å². The summed E-state index contributed by atoms with van der Waals surface area (Å²) < 4.78 is 0. The quantitative estimate of drug-likeness (QED) is 0.846. The minimum absolute atomic E-state index is 0.105. The number of nitrogens with zero attached hydrogens (tertiary/aromatic N) is 2. The number of hydrogen-bond acceptors (Lipinski definition) is 4. The van der Waals surface area contributed by atoms with Gasteiger partial charge in [0.25, 0.3) is 5.91 Å². The Kier molecular flexibility index (Phi) is 5.60. The lowest BCUT2D eigenvalue weighted by atomic mass is 10.0. The fraction of sp³-hybridized carbons (Fsp3) is 0.350. The normalized spacial score (nSPS) is 16.8. The Balaban J connectivity index is 1.74. The molecule has 27 heavy (non-hydrogen) atoms. The zero-order chi connectivity index (χ0) is 19.4. The molecule has 0 bridgehead atoms. The molecular weight excluding hydrogens is 360 g/mol. The average Bonchev–Trinajstić information content (AvgIpc) is 3.28. The predicted octanol–water partition coefficient (Wildman–Crippen LogP) is 3.52. The van der Waals surface area contributed by atoms with Gasteiger partial charge in [0.1, 0.15) is 6.54 Å². The van der Waals surface area contributed by atoms with Crippen LogP contribution in [0.5, 0.6) is 0 Å². The molecule has 0 aliphatic carbocycles. The van der Waals surface area contributed by atoms with Crippen LogP contribution in [0.2, 0.25) is 0 Å². The Bertz CT molecular complexity index is 825. The predicted molar refractivity (Wildman–Crippen MR) is 108 cm³/mol. The number of hydrazone groups is 1. The van der Waals surface area contributed by atoms with Crippen molar-refractivity contribution in [2.75, 3.05) is 6.54 Å². The van der Waals surface area contributed by atoms with Crippen molar-refractivity contribution in [3.63, 3.8) is 0 Å². The van der Waals surface area contributed by atoms with Crippen LogP contribution in [0.3, 0.4) is 0 Å². The first kappa shape index (κ1) is 19.1. The highest BCUT2D eigenvalue weighted by Crippen LogP contribution is 2.33. The minimum Gasteiger partial charge on any atom is -0.334 e. The van der Waals surface area contributed by atoms with Crippen molar-refractivity contribution in [3.05, 3.63) is 58.3 Å². The van der Waals surface area contributed by atoms with Gasteiger partial charge in [-0.25, -0.2) is 9.80 Å². The van der Waals surface area contributed by atoms with Crippen molar-refractivity contribution < 1.29 is 9.59 Å². The van der Waals surface area contributed by atoms with Gasteiger partial charge >= 0.3 is 6.03 Å². The number of rotatable bonds is 4. The topological polar surface area (TPSA) is 73.8 Å². The second kappa shape index (κ2) is 7.92. The number of thiophene rings is 1. The maximum atomic E-state index is 12.8. The third kappa shape index (κ3) is 4.95. The zero-order valence-electron chi connectivity index (χ0n) is 15.7. The van der Waals surface area contributed by atoms with Crippen molar-refractivity contribution in [2.24, 2.45) is 5.10 Å². The van der Waals surface area contributed by atoms with Crippen LogP contribution < -0.4 is 10.6 Å². The molecule has 1 aliphatic heterocycles. The van der Waals surface area contributed by atoms with Crippen LogP contribution in [0.1, 0.15) is 43.7 Å². The van der Waals surface area contributed by atoms with E-state index in [9.17, 15) is 9.59 Å². The van der Waals surface area contributed by atoms with Crippen molar-refractivity contribution in [1.82, 2.24) is 15.6 Å². The van der Waals surface area contributed by atoms with Crippen molar-refractivity contribution in [1.29, 1.82) is 0 Å². The van der Waals surface area contributed by atoms with E-state index in [1.165, 1.54) is 5.01 Å². The van der Waals surface area contributed by atoms with E-state index in [1.807, 2.05) is 68.6 Å². The van der Waals surface area contributed by atoms with Crippen LogP contribution in [0.4, 0.5) is 4.79 Å². The average molecular weight is 385 g/mol. The van der Waals surface area contributed by atoms with Gasteiger partial charge in [0.05, 0.1) is 16.6 Å². The van der Waals surface area contributed by atoms with Gasteiger partial charge in [0.2, 0.25) is 0 Å². The lowest BCUT2D eigenvalue weighted by molar-refractivity contribution is -0.131. The van der Waals surface area contributed by atoms with Crippen LogP contribution in [-0.2, 0) is 4.79 Å². The molecule has 0 saturated carbocycles. The van der Waals surface area contributed by atoms with Crippen molar-refractivity contribution >= 4 is 29.0 Å². The van der Waals surface area contributed by atoms with E-state index in [4.69, 9.17) is 0 Å². The number of amides is 3. The second-order valence-electron chi connectivity index (χ2n) is 7.45. The zero-order valence-corrected chi connectivity index (χ0v) is 16.5. The summed E-state index contributed by atoms with van der Waals surface area (Å²) in [4.78, 5) is 25.8. The molecule has 2 aromatic rings. The van der Waals surface area contributed by atoms with Gasteiger partial charge in [0, 0.05) is 12.0 Å². The Hall–Kier alpha value is -2.67. The fourth-order valence-electron chi connectivity index (χ4n) is 2.89. The SMILES string of the molecule is CC(C)(C)NC(=O)NCC(=O)N1N=C(c2cccs2)C[C@@H]1c1ccccc1. The van der Waals surface area contributed by atoms with Gasteiger partial charge in [0.15, 0.2) is 0 Å². The molecule has 2 heterocycles. The number of hydrogen-bond donors (Lipinski definition) is 2. The summed E-state index contributed by atoms with van der Waals surface area (Å²) in [7, 11) is 0. The maximum absolute atomic E-state index is 12.8. The maximum Gasteiger partial charge on any atom is 0.315 e.